The number of nitrogens with one attached hydrogen (secondary N) is 7. The van der Waals surface area contributed by atoms with E-state index in [1.807, 2.05) is 72.8 Å². The predicted molar refractivity (Wildman–Crippen MR) is 270 cm³/mol. The molecule has 0 saturated carbocycles. The van der Waals surface area contributed by atoms with E-state index in [0.29, 0.717) is 31.2 Å². The van der Waals surface area contributed by atoms with Crippen LogP contribution in [-0.4, -0.2) is 111 Å². The molecule has 0 spiro atoms. The average molecular weight is 993 g/mol. The number of hydrogen-bond acceptors (Lipinski definition) is 9. The maximum Gasteiger partial charge on any atom is 0.326 e. The summed E-state index contributed by atoms with van der Waals surface area (Å²) in [5, 5.41) is 36.9. The molecule has 13 N–H and O–H groups in total. The SMILES string of the molecule is CC[C@H](C)[C@H](NC(=O)[C@H](CC(=O)O)NC(=O)[C@H](CCCN=C(N)N)NC(=O)[C@H](NC(C)=O)C1c2ccccc2CCc2ccccc21)C(=O)N[C@H](C(=O)N[C@@H](Cc1c[nH]c2ccccc12)C(=O)O)[C@@H](C)CC. The minimum Gasteiger partial charge on any atom is -0.481 e. The Morgan fingerprint density at radius 1 is 0.667 bits per heavy atom. The van der Waals surface area contributed by atoms with Gasteiger partial charge in [-0.15, -0.1) is 0 Å². The number of carboxylic acid groups (broad SMARTS) is 2. The van der Waals surface area contributed by atoms with Crippen LogP contribution >= 0.6 is 0 Å². The van der Waals surface area contributed by atoms with Crippen LogP contribution in [0.3, 0.4) is 0 Å². The van der Waals surface area contributed by atoms with Gasteiger partial charge in [-0.1, -0.05) is 107 Å². The standard InChI is InChI=1S/C52H68N10O10/c1-6-28(3)43(48(68)60-40(51(71)72)25-33-27-56-37-20-13-12-17-34(33)37)62-49(69)44(29(4)7-2)61-47(67)39(26-41(64)65)59-46(66)38(21-14-24-55-52(53)54)58-50(70)45(57-30(5)63)42-35-18-10-8-15-31(35)22-23-32-16-9-11-19-36(32)42/h8-13,15-20,27-29,38-40,42-45,56H,6-7,14,21-26H2,1-5H3,(H,57,63)(H,58,70)(H,59,66)(H,60,68)(H,61,67)(H,62,69)(H,64,65)(H,71,72)(H4,53,54,55)/t28-,29-,38-,39-,40-,43-,44-,45+/m0/s1. The van der Waals surface area contributed by atoms with Crippen molar-refractivity contribution in [1.29, 1.82) is 0 Å². The number of fused-ring (bicyclic) bond motifs is 3. The summed E-state index contributed by atoms with van der Waals surface area (Å²) in [6.45, 7) is 8.23. The molecule has 0 bridgehead atoms. The largest absolute Gasteiger partial charge is 0.481 e. The highest BCUT2D eigenvalue weighted by Gasteiger charge is 2.39. The molecule has 20 nitrogen and oxygen atoms in total. The number of aromatic amines is 1. The number of H-pyrrole nitrogens is 1. The Bertz CT molecular complexity index is 2580. The Hall–Kier alpha value is -7.77. The van der Waals surface area contributed by atoms with Gasteiger partial charge in [-0.3, -0.25) is 38.6 Å². The van der Waals surface area contributed by atoms with Crippen molar-refractivity contribution >= 4 is 64.2 Å². The lowest BCUT2D eigenvalue weighted by Gasteiger charge is -2.31. The van der Waals surface area contributed by atoms with E-state index >= 15 is 0 Å². The number of para-hydroxylation sites is 1. The first-order valence-corrected chi connectivity index (χ1v) is 24.3. The number of rotatable bonds is 25. The number of nitrogens with two attached hydrogens (primary N) is 2. The molecule has 8 atom stereocenters. The minimum absolute atomic E-state index is 0.0436. The molecular formula is C52H68N10O10. The molecule has 1 heterocycles. The Labute approximate surface area is 418 Å². The zero-order valence-corrected chi connectivity index (χ0v) is 41.3. The number of amides is 6. The van der Waals surface area contributed by atoms with E-state index in [9.17, 15) is 48.6 Å². The van der Waals surface area contributed by atoms with Crippen molar-refractivity contribution in [2.75, 3.05) is 6.54 Å². The number of hydrogen-bond donors (Lipinski definition) is 11. The highest BCUT2D eigenvalue weighted by atomic mass is 16.4. The Balaban J connectivity index is 1.38. The molecule has 0 unspecified atom stereocenters. The van der Waals surface area contributed by atoms with Crippen molar-refractivity contribution < 1.29 is 48.6 Å². The van der Waals surface area contributed by atoms with Crippen LogP contribution in [0.1, 0.15) is 100 Å². The van der Waals surface area contributed by atoms with Crippen molar-refractivity contribution in [1.82, 2.24) is 36.9 Å². The summed E-state index contributed by atoms with van der Waals surface area (Å²) < 4.78 is 0. The Kier molecular flexibility index (Phi) is 19.8. The highest BCUT2D eigenvalue weighted by Crippen LogP contribution is 2.37. The van der Waals surface area contributed by atoms with Crippen LogP contribution in [-0.2, 0) is 57.6 Å². The zero-order chi connectivity index (χ0) is 52.6. The van der Waals surface area contributed by atoms with Gasteiger partial charge in [-0.25, -0.2) is 4.79 Å². The third-order valence-electron chi connectivity index (χ3n) is 13.3. The van der Waals surface area contributed by atoms with E-state index in [-0.39, 0.29) is 31.8 Å². The number of aryl methyl sites for hydroxylation is 2. The molecule has 6 amide bonds. The van der Waals surface area contributed by atoms with Gasteiger partial charge in [-0.2, -0.15) is 0 Å². The number of guanidine groups is 1. The van der Waals surface area contributed by atoms with Gasteiger partial charge in [0, 0.05) is 42.9 Å². The predicted octanol–water partition coefficient (Wildman–Crippen LogP) is 2.27. The highest BCUT2D eigenvalue weighted by molar-refractivity contribution is 5.98. The van der Waals surface area contributed by atoms with Gasteiger partial charge in [0.1, 0.15) is 36.3 Å². The molecule has 5 rings (SSSR count). The molecule has 1 aliphatic carbocycles. The molecule has 0 saturated heterocycles. The number of carbonyl (C=O) groups excluding carboxylic acids is 6. The van der Waals surface area contributed by atoms with E-state index in [4.69, 9.17) is 11.5 Å². The summed E-state index contributed by atoms with van der Waals surface area (Å²) in [6.07, 6.45) is 2.80. The number of aromatic nitrogens is 1. The maximum atomic E-state index is 14.7. The first-order valence-electron chi connectivity index (χ1n) is 24.3. The number of aliphatic carboxylic acids is 2. The third kappa shape index (κ3) is 14.6. The fourth-order valence-electron chi connectivity index (χ4n) is 9.02. The van der Waals surface area contributed by atoms with Crippen LogP contribution in [0.15, 0.2) is 84.0 Å². The summed E-state index contributed by atoms with van der Waals surface area (Å²) in [5.41, 5.74) is 16.1. The topological polar surface area (TPSA) is 329 Å². The van der Waals surface area contributed by atoms with Crippen LogP contribution in [0.4, 0.5) is 0 Å². The molecule has 1 aliphatic rings. The fraction of sp³-hybridized carbons (Fsp3) is 0.442. The maximum absolute atomic E-state index is 14.7. The molecule has 0 fully saturated rings. The molecule has 72 heavy (non-hydrogen) atoms. The van der Waals surface area contributed by atoms with Crippen LogP contribution in [0.25, 0.3) is 10.9 Å². The van der Waals surface area contributed by atoms with Crippen molar-refractivity contribution in [2.24, 2.45) is 28.3 Å². The van der Waals surface area contributed by atoms with Crippen LogP contribution < -0.4 is 43.4 Å². The van der Waals surface area contributed by atoms with E-state index in [2.05, 4.69) is 41.9 Å². The zero-order valence-electron chi connectivity index (χ0n) is 41.3. The van der Waals surface area contributed by atoms with Gasteiger partial charge in [0.25, 0.3) is 0 Å². The van der Waals surface area contributed by atoms with E-state index in [1.165, 1.54) is 6.92 Å². The molecule has 1 aromatic heterocycles. The normalized spacial score (nSPS) is 15.5. The van der Waals surface area contributed by atoms with Gasteiger partial charge in [-0.05, 0) is 71.4 Å². The van der Waals surface area contributed by atoms with Crippen molar-refractivity contribution in [3.8, 4) is 0 Å². The van der Waals surface area contributed by atoms with E-state index in [1.54, 1.807) is 33.9 Å². The second kappa shape index (κ2) is 25.9. The third-order valence-corrected chi connectivity index (χ3v) is 13.3. The number of aliphatic imine (C=N–C) groups is 1. The van der Waals surface area contributed by atoms with Crippen molar-refractivity contribution in [3.05, 3.63) is 107 Å². The number of nitrogens with zero attached hydrogens (tertiary/aromatic N) is 1. The molecule has 20 heteroatoms. The first-order chi connectivity index (χ1) is 34.3. The number of benzene rings is 3. The van der Waals surface area contributed by atoms with Gasteiger partial charge < -0.3 is 58.6 Å². The smallest absolute Gasteiger partial charge is 0.326 e. The summed E-state index contributed by atoms with van der Waals surface area (Å²) in [4.78, 5) is 116. The summed E-state index contributed by atoms with van der Waals surface area (Å²) in [7, 11) is 0. The van der Waals surface area contributed by atoms with Crippen LogP contribution in [0.5, 0.6) is 0 Å². The first kappa shape index (κ1) is 55.2. The molecule has 0 radical (unpaired) electrons. The molecular weight excluding hydrogens is 925 g/mol. The Morgan fingerprint density at radius 2 is 1.18 bits per heavy atom. The van der Waals surface area contributed by atoms with Gasteiger partial charge >= 0.3 is 11.9 Å². The molecule has 386 valence electrons. The van der Waals surface area contributed by atoms with Gasteiger partial charge in [0.05, 0.1) is 6.42 Å². The van der Waals surface area contributed by atoms with E-state index < -0.39 is 108 Å². The summed E-state index contributed by atoms with van der Waals surface area (Å²) in [5.74, 6) is -9.59. The second-order valence-corrected chi connectivity index (χ2v) is 18.4. The molecule has 3 aromatic carbocycles. The van der Waals surface area contributed by atoms with Crippen LogP contribution in [0.2, 0.25) is 0 Å². The number of carbonyl (C=O) groups is 8. The lowest BCUT2D eigenvalue weighted by atomic mass is 9.82. The average Bonchev–Trinajstić information content (AvgIpc) is 3.68. The minimum atomic E-state index is -1.78. The lowest BCUT2D eigenvalue weighted by Crippen LogP contribution is -2.61. The lowest BCUT2D eigenvalue weighted by molar-refractivity contribution is -0.142. The summed E-state index contributed by atoms with van der Waals surface area (Å²) in [6, 6.07) is 14.1. The van der Waals surface area contributed by atoms with E-state index in [0.717, 1.165) is 33.2 Å². The van der Waals surface area contributed by atoms with Gasteiger partial charge in [0.15, 0.2) is 5.96 Å². The summed E-state index contributed by atoms with van der Waals surface area (Å²) >= 11 is 0. The van der Waals surface area contributed by atoms with Crippen LogP contribution in [0, 0.1) is 11.8 Å². The fourth-order valence-corrected chi connectivity index (χ4v) is 9.02. The molecule has 4 aromatic rings. The van der Waals surface area contributed by atoms with Gasteiger partial charge in [0.2, 0.25) is 35.4 Å². The Morgan fingerprint density at radius 3 is 1.74 bits per heavy atom. The monoisotopic (exact) mass is 993 g/mol. The number of carboxylic acids is 2. The van der Waals surface area contributed by atoms with Crippen molar-refractivity contribution in [3.63, 3.8) is 0 Å². The second-order valence-electron chi connectivity index (χ2n) is 18.4. The quantitative estimate of drug-likeness (QED) is 0.0259. The van der Waals surface area contributed by atoms with Crippen molar-refractivity contribution in [2.45, 2.75) is 128 Å². The molecule has 0 aliphatic heterocycles.